The van der Waals surface area contributed by atoms with Gasteiger partial charge in [0.2, 0.25) is 0 Å². The molecule has 0 bridgehead atoms. The van der Waals surface area contributed by atoms with E-state index in [4.69, 9.17) is 5.73 Å². The van der Waals surface area contributed by atoms with E-state index in [9.17, 15) is 0 Å². The summed E-state index contributed by atoms with van der Waals surface area (Å²) in [6.45, 7) is 2.24. The molecule has 1 aromatic heterocycles. The summed E-state index contributed by atoms with van der Waals surface area (Å²) in [6.07, 6.45) is 9.72. The second-order valence-electron chi connectivity index (χ2n) is 5.15. The number of nitrogens with zero attached hydrogens (tertiary/aromatic N) is 1. The van der Waals surface area contributed by atoms with E-state index in [0.717, 1.165) is 28.3 Å². The lowest BCUT2D eigenvalue weighted by Crippen LogP contribution is -2.30. The quantitative estimate of drug-likeness (QED) is 0.876. The molecular formula is C14H22BrN3. The van der Waals surface area contributed by atoms with Gasteiger partial charge in [-0.25, -0.2) is 4.98 Å². The fraction of sp³-hybridized carbons (Fsp3) is 0.643. The van der Waals surface area contributed by atoms with Crippen LogP contribution in [0.15, 0.2) is 16.7 Å². The Morgan fingerprint density at radius 3 is 2.78 bits per heavy atom. The van der Waals surface area contributed by atoms with Gasteiger partial charge in [-0.3, -0.25) is 0 Å². The number of nitrogen functional groups attached to an aromatic ring is 1. The van der Waals surface area contributed by atoms with Crippen molar-refractivity contribution in [2.75, 3.05) is 11.1 Å². The van der Waals surface area contributed by atoms with Gasteiger partial charge in [-0.05, 0) is 47.2 Å². The Morgan fingerprint density at radius 2 is 2.17 bits per heavy atom. The maximum atomic E-state index is 6.00. The molecule has 0 amide bonds. The number of halogens is 1. The van der Waals surface area contributed by atoms with E-state index < -0.39 is 0 Å². The standard InChI is InChI=1S/C14H22BrN3/c1-2-13(10-6-4-3-5-7-10)18-14-12(16)8-11(15)9-17-14/h8-10,13H,2-7,16H2,1H3,(H,17,18). The third-order valence-electron chi connectivity index (χ3n) is 3.86. The van der Waals surface area contributed by atoms with Crippen molar-refractivity contribution in [3.05, 3.63) is 16.7 Å². The van der Waals surface area contributed by atoms with E-state index in [-0.39, 0.29) is 0 Å². The highest BCUT2D eigenvalue weighted by Gasteiger charge is 2.22. The van der Waals surface area contributed by atoms with Gasteiger partial charge in [0.25, 0.3) is 0 Å². The number of rotatable bonds is 4. The fourth-order valence-electron chi connectivity index (χ4n) is 2.84. The van der Waals surface area contributed by atoms with Crippen LogP contribution in [0.3, 0.4) is 0 Å². The first-order chi connectivity index (χ1) is 8.70. The molecule has 0 saturated heterocycles. The van der Waals surface area contributed by atoms with Gasteiger partial charge < -0.3 is 11.1 Å². The number of anilines is 2. The van der Waals surface area contributed by atoms with Crippen LogP contribution < -0.4 is 11.1 Å². The molecule has 18 heavy (non-hydrogen) atoms. The summed E-state index contributed by atoms with van der Waals surface area (Å²) >= 11 is 3.39. The third kappa shape index (κ3) is 3.37. The van der Waals surface area contributed by atoms with Gasteiger partial charge in [0.15, 0.2) is 0 Å². The molecule has 1 aliphatic rings. The molecule has 3 N–H and O–H groups in total. The minimum absolute atomic E-state index is 0.501. The monoisotopic (exact) mass is 311 g/mol. The Bertz CT molecular complexity index is 389. The minimum atomic E-state index is 0.501. The molecule has 0 radical (unpaired) electrons. The van der Waals surface area contributed by atoms with Crippen LogP contribution in [0.1, 0.15) is 45.4 Å². The Hall–Kier alpha value is -0.770. The van der Waals surface area contributed by atoms with Crippen LogP contribution >= 0.6 is 15.9 Å². The van der Waals surface area contributed by atoms with Crippen LogP contribution in [0.5, 0.6) is 0 Å². The van der Waals surface area contributed by atoms with Gasteiger partial charge in [-0.2, -0.15) is 0 Å². The van der Waals surface area contributed by atoms with Crippen molar-refractivity contribution in [2.24, 2.45) is 5.92 Å². The fourth-order valence-corrected chi connectivity index (χ4v) is 3.19. The Kier molecular flexibility index (Phi) is 4.87. The minimum Gasteiger partial charge on any atom is -0.396 e. The molecule has 1 saturated carbocycles. The normalized spacial score (nSPS) is 18.6. The Morgan fingerprint density at radius 1 is 1.44 bits per heavy atom. The zero-order valence-corrected chi connectivity index (χ0v) is 12.5. The molecule has 0 spiro atoms. The average Bonchev–Trinajstić information content (AvgIpc) is 2.39. The largest absolute Gasteiger partial charge is 0.396 e. The first kappa shape index (κ1) is 13.7. The maximum absolute atomic E-state index is 6.00. The summed E-state index contributed by atoms with van der Waals surface area (Å²) in [5.74, 6) is 1.60. The van der Waals surface area contributed by atoms with Crippen molar-refractivity contribution in [3.63, 3.8) is 0 Å². The zero-order valence-electron chi connectivity index (χ0n) is 11.0. The molecule has 0 aromatic carbocycles. The highest BCUT2D eigenvalue weighted by atomic mass is 79.9. The van der Waals surface area contributed by atoms with Gasteiger partial charge in [0, 0.05) is 16.7 Å². The van der Waals surface area contributed by atoms with Crippen molar-refractivity contribution < 1.29 is 0 Å². The number of nitrogens with two attached hydrogens (primary N) is 1. The van der Waals surface area contributed by atoms with E-state index in [1.165, 1.54) is 32.1 Å². The van der Waals surface area contributed by atoms with Crippen LogP contribution in [0.2, 0.25) is 0 Å². The topological polar surface area (TPSA) is 50.9 Å². The molecule has 0 aliphatic heterocycles. The third-order valence-corrected chi connectivity index (χ3v) is 4.30. The maximum Gasteiger partial charge on any atom is 0.149 e. The molecule has 1 unspecified atom stereocenters. The van der Waals surface area contributed by atoms with Gasteiger partial charge >= 0.3 is 0 Å². The van der Waals surface area contributed by atoms with Crippen LogP contribution in [0.25, 0.3) is 0 Å². The lowest BCUT2D eigenvalue weighted by molar-refractivity contribution is 0.312. The first-order valence-corrected chi connectivity index (χ1v) is 7.67. The van der Waals surface area contributed by atoms with Crippen molar-refractivity contribution >= 4 is 27.4 Å². The molecule has 1 atom stereocenters. The molecule has 1 aromatic rings. The highest BCUT2D eigenvalue weighted by molar-refractivity contribution is 9.10. The number of nitrogens with one attached hydrogen (secondary N) is 1. The van der Waals surface area contributed by atoms with Gasteiger partial charge in [-0.1, -0.05) is 26.2 Å². The first-order valence-electron chi connectivity index (χ1n) is 6.88. The van der Waals surface area contributed by atoms with Gasteiger partial charge in [-0.15, -0.1) is 0 Å². The van der Waals surface area contributed by atoms with E-state index in [2.05, 4.69) is 33.2 Å². The molecule has 1 aliphatic carbocycles. The van der Waals surface area contributed by atoms with Gasteiger partial charge in [0.05, 0.1) is 5.69 Å². The smallest absolute Gasteiger partial charge is 0.149 e. The molecule has 3 nitrogen and oxygen atoms in total. The summed E-state index contributed by atoms with van der Waals surface area (Å²) in [7, 11) is 0. The summed E-state index contributed by atoms with van der Waals surface area (Å²) in [5, 5.41) is 3.54. The van der Waals surface area contributed by atoms with Crippen LogP contribution in [-0.4, -0.2) is 11.0 Å². The molecular weight excluding hydrogens is 290 g/mol. The van der Waals surface area contributed by atoms with E-state index in [1.54, 1.807) is 6.20 Å². The number of hydrogen-bond acceptors (Lipinski definition) is 3. The zero-order chi connectivity index (χ0) is 13.0. The molecule has 1 heterocycles. The predicted molar refractivity (Wildman–Crippen MR) is 80.6 cm³/mol. The number of pyridine rings is 1. The van der Waals surface area contributed by atoms with Gasteiger partial charge in [0.1, 0.15) is 5.82 Å². The molecule has 1 fully saturated rings. The van der Waals surface area contributed by atoms with E-state index in [1.807, 2.05) is 6.07 Å². The van der Waals surface area contributed by atoms with Crippen LogP contribution in [0.4, 0.5) is 11.5 Å². The summed E-state index contributed by atoms with van der Waals surface area (Å²) < 4.78 is 0.927. The van der Waals surface area contributed by atoms with Crippen molar-refractivity contribution in [1.82, 2.24) is 4.98 Å². The molecule has 100 valence electrons. The second kappa shape index (κ2) is 6.41. The summed E-state index contributed by atoms with van der Waals surface area (Å²) in [6, 6.07) is 2.41. The van der Waals surface area contributed by atoms with Crippen molar-refractivity contribution in [3.8, 4) is 0 Å². The van der Waals surface area contributed by atoms with Crippen LogP contribution in [-0.2, 0) is 0 Å². The lowest BCUT2D eigenvalue weighted by atomic mass is 9.83. The van der Waals surface area contributed by atoms with E-state index >= 15 is 0 Å². The number of aromatic nitrogens is 1. The second-order valence-corrected chi connectivity index (χ2v) is 6.06. The predicted octanol–water partition coefficient (Wildman–Crippen LogP) is 4.20. The van der Waals surface area contributed by atoms with E-state index in [0.29, 0.717) is 6.04 Å². The molecule has 4 heteroatoms. The van der Waals surface area contributed by atoms with Crippen LogP contribution in [0, 0.1) is 5.92 Å². The SMILES string of the molecule is CCC(Nc1ncc(Br)cc1N)C1CCCCC1. The highest BCUT2D eigenvalue weighted by Crippen LogP contribution is 2.30. The average molecular weight is 312 g/mol. The van der Waals surface area contributed by atoms with Crippen molar-refractivity contribution in [1.29, 1.82) is 0 Å². The Labute approximate surface area is 118 Å². The summed E-state index contributed by atoms with van der Waals surface area (Å²) in [4.78, 5) is 4.38. The molecule has 2 rings (SSSR count). The Balaban J connectivity index is 2.04. The van der Waals surface area contributed by atoms with Crippen molar-refractivity contribution in [2.45, 2.75) is 51.5 Å². The number of hydrogen-bond donors (Lipinski definition) is 2. The summed E-state index contributed by atoms with van der Waals surface area (Å²) in [5.41, 5.74) is 6.72. The lowest BCUT2D eigenvalue weighted by Gasteiger charge is -2.30.